The number of benzene rings is 2. The summed E-state index contributed by atoms with van der Waals surface area (Å²) in [5.41, 5.74) is 1.85. The maximum Gasteiger partial charge on any atom is 0.214 e. The van der Waals surface area contributed by atoms with Crippen molar-refractivity contribution in [2.24, 2.45) is 0 Å². The Balaban J connectivity index is 1.83. The molecule has 0 fully saturated rings. The number of methoxy groups -OCH3 is 2. The number of rotatable bonds is 11. The summed E-state index contributed by atoms with van der Waals surface area (Å²) >= 11 is 5.96. The number of hydrogen-bond acceptors (Lipinski definition) is 5. The predicted molar refractivity (Wildman–Crippen MR) is 113 cm³/mol. The van der Waals surface area contributed by atoms with Gasteiger partial charge in [0.15, 0.2) is 0 Å². The summed E-state index contributed by atoms with van der Waals surface area (Å²) in [6.45, 7) is 1.50. The van der Waals surface area contributed by atoms with Gasteiger partial charge >= 0.3 is 0 Å². The molecule has 0 aliphatic rings. The fourth-order valence-electron chi connectivity index (χ4n) is 2.74. The average Bonchev–Trinajstić information content (AvgIpc) is 2.68. The zero-order chi connectivity index (χ0) is 20.6. The van der Waals surface area contributed by atoms with Crippen LogP contribution in [0.1, 0.15) is 17.5 Å². The van der Waals surface area contributed by atoms with Gasteiger partial charge in [0.05, 0.1) is 20.0 Å². The summed E-state index contributed by atoms with van der Waals surface area (Å²) in [7, 11) is 1.34. The molecule has 0 amide bonds. The lowest BCUT2D eigenvalue weighted by atomic mass is 10.2. The molecule has 0 saturated carbocycles. The molecular weight excluding hydrogens is 400 g/mol. The molecule has 0 spiro atoms. The second-order valence-corrected chi connectivity index (χ2v) is 9.04. The van der Waals surface area contributed by atoms with Crippen molar-refractivity contribution in [1.29, 1.82) is 0 Å². The summed E-state index contributed by atoms with van der Waals surface area (Å²) in [6, 6.07) is 12.9. The standard InChI is InChI=1S/C20H27ClN2O4S/c1-23(15-17-8-9-19(26-2)13-20(17)27-3)28(24,25)11-5-10-22-14-16-6-4-7-18(21)12-16/h4,6-9,12-13,22H,5,10-11,14-15H2,1-3H3. The molecule has 6 nitrogen and oxygen atoms in total. The van der Waals surface area contributed by atoms with Crippen LogP contribution in [0.4, 0.5) is 0 Å². The molecule has 0 aliphatic heterocycles. The number of nitrogens with one attached hydrogen (secondary N) is 1. The Bertz CT molecular complexity index is 874. The molecule has 0 saturated heterocycles. The number of hydrogen-bond donors (Lipinski definition) is 1. The first-order valence-corrected chi connectivity index (χ1v) is 10.9. The van der Waals surface area contributed by atoms with Crippen molar-refractivity contribution in [3.8, 4) is 11.5 Å². The number of nitrogens with zero attached hydrogens (tertiary/aromatic N) is 1. The van der Waals surface area contributed by atoms with Crippen LogP contribution in [0.15, 0.2) is 42.5 Å². The number of sulfonamides is 1. The van der Waals surface area contributed by atoms with E-state index >= 15 is 0 Å². The zero-order valence-electron chi connectivity index (χ0n) is 16.4. The zero-order valence-corrected chi connectivity index (χ0v) is 18.0. The summed E-state index contributed by atoms with van der Waals surface area (Å²) < 4.78 is 37.0. The Hall–Kier alpha value is -1.80. The van der Waals surface area contributed by atoms with Gasteiger partial charge in [0, 0.05) is 36.8 Å². The molecule has 0 aromatic heterocycles. The van der Waals surface area contributed by atoms with Crippen molar-refractivity contribution in [2.45, 2.75) is 19.5 Å². The largest absolute Gasteiger partial charge is 0.497 e. The van der Waals surface area contributed by atoms with Crippen LogP contribution in [0, 0.1) is 0 Å². The highest BCUT2D eigenvalue weighted by Crippen LogP contribution is 2.26. The van der Waals surface area contributed by atoms with Crippen LogP contribution >= 0.6 is 11.6 Å². The topological polar surface area (TPSA) is 67.9 Å². The monoisotopic (exact) mass is 426 g/mol. The van der Waals surface area contributed by atoms with E-state index in [0.717, 1.165) is 11.1 Å². The molecule has 2 rings (SSSR count). The van der Waals surface area contributed by atoms with Crippen LogP contribution in [0.5, 0.6) is 11.5 Å². The quantitative estimate of drug-likeness (QED) is 0.558. The van der Waals surface area contributed by atoms with Crippen molar-refractivity contribution in [3.63, 3.8) is 0 Å². The van der Waals surface area contributed by atoms with E-state index in [1.54, 1.807) is 33.4 Å². The van der Waals surface area contributed by atoms with Crippen molar-refractivity contribution in [1.82, 2.24) is 9.62 Å². The third kappa shape index (κ3) is 6.67. The highest BCUT2D eigenvalue weighted by molar-refractivity contribution is 7.89. The lowest BCUT2D eigenvalue weighted by Gasteiger charge is -2.19. The van der Waals surface area contributed by atoms with Crippen LogP contribution in [-0.2, 0) is 23.1 Å². The van der Waals surface area contributed by atoms with Gasteiger partial charge in [0.1, 0.15) is 11.5 Å². The maximum atomic E-state index is 12.6. The van der Waals surface area contributed by atoms with Gasteiger partial charge in [-0.3, -0.25) is 0 Å². The first kappa shape index (κ1) is 22.5. The fraction of sp³-hybridized carbons (Fsp3) is 0.400. The van der Waals surface area contributed by atoms with Crippen LogP contribution in [0.3, 0.4) is 0 Å². The third-order valence-corrected chi connectivity index (χ3v) is 6.45. The van der Waals surface area contributed by atoms with Gasteiger partial charge in [0.25, 0.3) is 0 Å². The van der Waals surface area contributed by atoms with E-state index in [1.807, 2.05) is 30.3 Å². The normalized spacial score (nSPS) is 11.6. The molecule has 154 valence electrons. The summed E-state index contributed by atoms with van der Waals surface area (Å²) in [4.78, 5) is 0. The average molecular weight is 427 g/mol. The summed E-state index contributed by atoms with van der Waals surface area (Å²) in [6.07, 6.45) is 0.521. The molecule has 28 heavy (non-hydrogen) atoms. The van der Waals surface area contributed by atoms with Crippen molar-refractivity contribution < 1.29 is 17.9 Å². The molecule has 0 radical (unpaired) electrons. The van der Waals surface area contributed by atoms with Crippen molar-refractivity contribution in [3.05, 3.63) is 58.6 Å². The first-order chi connectivity index (χ1) is 13.4. The molecule has 2 aromatic carbocycles. The van der Waals surface area contributed by atoms with Gasteiger partial charge in [-0.25, -0.2) is 12.7 Å². The van der Waals surface area contributed by atoms with Crippen molar-refractivity contribution in [2.75, 3.05) is 33.6 Å². The van der Waals surface area contributed by atoms with Crippen LogP contribution in [0.25, 0.3) is 0 Å². The van der Waals surface area contributed by atoms with E-state index in [4.69, 9.17) is 21.1 Å². The maximum absolute atomic E-state index is 12.6. The molecule has 2 aromatic rings. The molecule has 0 bridgehead atoms. The number of ether oxygens (including phenoxy) is 2. The second-order valence-electron chi connectivity index (χ2n) is 6.41. The molecular formula is C20H27ClN2O4S. The minimum Gasteiger partial charge on any atom is -0.497 e. The van der Waals surface area contributed by atoms with Gasteiger partial charge < -0.3 is 14.8 Å². The van der Waals surface area contributed by atoms with Gasteiger partial charge in [0.2, 0.25) is 10.0 Å². The minimum absolute atomic E-state index is 0.0739. The third-order valence-electron chi connectivity index (χ3n) is 4.34. The SMILES string of the molecule is COc1ccc(CN(C)S(=O)(=O)CCCNCc2cccc(Cl)c2)c(OC)c1. The van der Waals surface area contributed by atoms with Crippen LogP contribution in [0.2, 0.25) is 5.02 Å². The lowest BCUT2D eigenvalue weighted by molar-refractivity contribution is 0.384. The fourth-order valence-corrected chi connectivity index (χ4v) is 4.11. The summed E-state index contributed by atoms with van der Waals surface area (Å²) in [5, 5.41) is 3.94. The van der Waals surface area contributed by atoms with E-state index in [0.29, 0.717) is 36.0 Å². The van der Waals surface area contributed by atoms with Gasteiger partial charge in [-0.2, -0.15) is 0 Å². The van der Waals surface area contributed by atoms with E-state index in [2.05, 4.69) is 5.32 Å². The molecule has 0 atom stereocenters. The summed E-state index contributed by atoms with van der Waals surface area (Å²) in [5.74, 6) is 1.34. The van der Waals surface area contributed by atoms with E-state index in [9.17, 15) is 8.42 Å². The Morgan fingerprint density at radius 1 is 1.11 bits per heavy atom. The molecule has 0 heterocycles. The first-order valence-electron chi connectivity index (χ1n) is 8.96. The smallest absolute Gasteiger partial charge is 0.214 e. The molecule has 0 aliphatic carbocycles. The lowest BCUT2D eigenvalue weighted by Crippen LogP contribution is -2.30. The van der Waals surface area contributed by atoms with Gasteiger partial charge in [-0.05, 0) is 36.7 Å². The second kappa shape index (κ2) is 10.7. The molecule has 0 unspecified atom stereocenters. The van der Waals surface area contributed by atoms with Gasteiger partial charge in [-0.15, -0.1) is 0 Å². The molecule has 1 N–H and O–H groups in total. The van der Waals surface area contributed by atoms with Crippen LogP contribution in [-0.4, -0.2) is 46.3 Å². The highest BCUT2D eigenvalue weighted by Gasteiger charge is 2.19. The Kier molecular flexibility index (Phi) is 8.57. The molecule has 8 heteroatoms. The predicted octanol–water partition coefficient (Wildman–Crippen LogP) is 3.30. The Morgan fingerprint density at radius 3 is 2.57 bits per heavy atom. The highest BCUT2D eigenvalue weighted by atomic mass is 35.5. The van der Waals surface area contributed by atoms with Gasteiger partial charge in [-0.1, -0.05) is 29.8 Å². The Morgan fingerprint density at radius 2 is 1.89 bits per heavy atom. The van der Waals surface area contributed by atoms with Crippen LogP contribution < -0.4 is 14.8 Å². The minimum atomic E-state index is -3.37. The van der Waals surface area contributed by atoms with E-state index < -0.39 is 10.0 Å². The Labute approximate surface area is 172 Å². The van der Waals surface area contributed by atoms with Crippen molar-refractivity contribution >= 4 is 21.6 Å². The van der Waals surface area contributed by atoms with E-state index in [1.165, 1.54) is 4.31 Å². The number of halogens is 1. The van der Waals surface area contributed by atoms with E-state index in [-0.39, 0.29) is 12.3 Å².